The summed E-state index contributed by atoms with van der Waals surface area (Å²) in [5, 5.41) is 3.09. The van der Waals surface area contributed by atoms with E-state index in [2.05, 4.69) is 17.2 Å². The molecule has 1 rings (SSSR count). The van der Waals surface area contributed by atoms with Gasteiger partial charge in [0, 0.05) is 12.8 Å². The summed E-state index contributed by atoms with van der Waals surface area (Å²) < 4.78 is 22.9. The number of nitrogens with two attached hydrogens (primary N) is 1. The van der Waals surface area contributed by atoms with Crippen LogP contribution in [-0.2, 0) is 22.1 Å². The maximum Gasteiger partial charge on any atom is 0.188 e. The molecule has 0 aliphatic heterocycles. The van der Waals surface area contributed by atoms with Gasteiger partial charge >= 0.3 is 0 Å². The van der Waals surface area contributed by atoms with E-state index < -0.39 is 9.84 Å². The van der Waals surface area contributed by atoms with Crippen LogP contribution in [0.1, 0.15) is 43.7 Å². The molecule has 0 aliphatic rings. The number of benzene rings is 1. The molecule has 3 N–H and O–H groups in total. The van der Waals surface area contributed by atoms with Crippen LogP contribution in [-0.4, -0.2) is 27.2 Å². The zero-order valence-corrected chi connectivity index (χ0v) is 17.1. The number of hydrogen-bond donors (Lipinski definition) is 2. The molecule has 1 aromatic rings. The van der Waals surface area contributed by atoms with Gasteiger partial charge in [0.25, 0.3) is 0 Å². The SMILES string of the molecule is CCCCCCNC(N)=NCc1ccccc1CS(C)(=O)=O.I. The first-order valence-electron chi connectivity index (χ1n) is 7.70. The highest BCUT2D eigenvalue weighted by molar-refractivity contribution is 14.0. The van der Waals surface area contributed by atoms with E-state index in [1.165, 1.54) is 25.5 Å². The second-order valence-electron chi connectivity index (χ2n) is 5.53. The van der Waals surface area contributed by atoms with E-state index in [0.717, 1.165) is 24.1 Å². The van der Waals surface area contributed by atoms with Crippen molar-refractivity contribution in [1.82, 2.24) is 5.32 Å². The summed E-state index contributed by atoms with van der Waals surface area (Å²) in [6.45, 7) is 3.39. The van der Waals surface area contributed by atoms with Gasteiger partial charge in [-0.25, -0.2) is 13.4 Å². The van der Waals surface area contributed by atoms with Gasteiger partial charge < -0.3 is 11.1 Å². The van der Waals surface area contributed by atoms with Crippen LogP contribution in [0.3, 0.4) is 0 Å². The summed E-state index contributed by atoms with van der Waals surface area (Å²) in [5.74, 6) is 0.439. The number of sulfone groups is 1. The van der Waals surface area contributed by atoms with E-state index >= 15 is 0 Å². The number of nitrogens with zero attached hydrogens (tertiary/aromatic N) is 1. The maximum atomic E-state index is 11.4. The molecule has 0 radical (unpaired) electrons. The molecule has 0 unspecified atom stereocenters. The number of rotatable bonds is 9. The molecule has 0 amide bonds. The highest BCUT2D eigenvalue weighted by atomic mass is 127. The van der Waals surface area contributed by atoms with Crippen molar-refractivity contribution in [3.63, 3.8) is 0 Å². The molecule has 0 bridgehead atoms. The Morgan fingerprint density at radius 3 is 2.43 bits per heavy atom. The smallest absolute Gasteiger partial charge is 0.188 e. The third kappa shape index (κ3) is 10.5. The van der Waals surface area contributed by atoms with Crippen molar-refractivity contribution in [3.8, 4) is 0 Å². The predicted molar refractivity (Wildman–Crippen MR) is 108 cm³/mol. The third-order valence-electron chi connectivity index (χ3n) is 3.29. The zero-order valence-electron chi connectivity index (χ0n) is 13.9. The third-order valence-corrected chi connectivity index (χ3v) is 4.13. The first kappa shape index (κ1) is 22.2. The number of unbranched alkanes of at least 4 members (excludes halogenated alkanes) is 3. The molecule has 0 aliphatic carbocycles. The largest absolute Gasteiger partial charge is 0.370 e. The lowest BCUT2D eigenvalue weighted by atomic mass is 10.1. The van der Waals surface area contributed by atoms with E-state index in [0.29, 0.717) is 12.5 Å². The van der Waals surface area contributed by atoms with Gasteiger partial charge in [0.1, 0.15) is 0 Å². The van der Waals surface area contributed by atoms with Gasteiger partial charge in [-0.2, -0.15) is 0 Å². The fraction of sp³-hybridized carbons (Fsp3) is 0.562. The fourth-order valence-electron chi connectivity index (χ4n) is 2.13. The van der Waals surface area contributed by atoms with Gasteiger partial charge in [-0.15, -0.1) is 24.0 Å². The Balaban J connectivity index is 0.00000484. The van der Waals surface area contributed by atoms with Crippen LogP contribution >= 0.6 is 24.0 Å². The summed E-state index contributed by atoms with van der Waals surface area (Å²) >= 11 is 0. The number of guanidine groups is 1. The van der Waals surface area contributed by atoms with Gasteiger partial charge in [-0.05, 0) is 17.5 Å². The van der Waals surface area contributed by atoms with E-state index in [9.17, 15) is 8.42 Å². The molecule has 23 heavy (non-hydrogen) atoms. The Morgan fingerprint density at radius 1 is 1.17 bits per heavy atom. The second-order valence-corrected chi connectivity index (χ2v) is 7.67. The van der Waals surface area contributed by atoms with Crippen LogP contribution in [0.25, 0.3) is 0 Å². The van der Waals surface area contributed by atoms with Crippen LogP contribution in [0.2, 0.25) is 0 Å². The van der Waals surface area contributed by atoms with Gasteiger partial charge in [0.15, 0.2) is 15.8 Å². The standard InChI is InChI=1S/C16H27N3O2S.HI/c1-3-4-5-8-11-18-16(17)19-12-14-9-6-7-10-15(14)13-22(2,20)21;/h6-7,9-10H,3-5,8,11-13H2,1-2H3,(H3,17,18,19);1H. The molecule has 5 nitrogen and oxygen atoms in total. The molecule has 132 valence electrons. The minimum Gasteiger partial charge on any atom is -0.370 e. The molecular formula is C16H28IN3O2S. The van der Waals surface area contributed by atoms with E-state index in [-0.39, 0.29) is 29.7 Å². The number of hydrogen-bond acceptors (Lipinski definition) is 3. The summed E-state index contributed by atoms with van der Waals surface area (Å²) in [5.41, 5.74) is 7.51. The Morgan fingerprint density at radius 2 is 1.83 bits per heavy atom. The lowest BCUT2D eigenvalue weighted by Crippen LogP contribution is -2.32. The lowest BCUT2D eigenvalue weighted by Gasteiger charge is -2.08. The zero-order chi connectivity index (χ0) is 16.4. The average molecular weight is 453 g/mol. The molecule has 1 aromatic carbocycles. The Hall–Kier alpha value is -0.830. The molecule has 0 saturated carbocycles. The van der Waals surface area contributed by atoms with Crippen LogP contribution in [0.4, 0.5) is 0 Å². The molecular weight excluding hydrogens is 425 g/mol. The summed E-state index contributed by atoms with van der Waals surface area (Å²) in [6.07, 6.45) is 5.94. The minimum atomic E-state index is -3.06. The average Bonchev–Trinajstić information content (AvgIpc) is 2.44. The Kier molecular flexibility index (Phi) is 11.2. The van der Waals surface area contributed by atoms with Crippen LogP contribution in [0, 0.1) is 0 Å². The van der Waals surface area contributed by atoms with Crippen molar-refractivity contribution < 1.29 is 8.42 Å². The monoisotopic (exact) mass is 453 g/mol. The number of aliphatic imine (C=N–C) groups is 1. The molecule has 0 fully saturated rings. The van der Waals surface area contributed by atoms with Crippen molar-refractivity contribution in [2.75, 3.05) is 12.8 Å². The normalized spacial score (nSPS) is 11.8. The van der Waals surface area contributed by atoms with Crippen molar-refractivity contribution in [2.24, 2.45) is 10.7 Å². The highest BCUT2D eigenvalue weighted by Gasteiger charge is 2.08. The number of nitrogens with one attached hydrogen (secondary N) is 1. The Bertz CT molecular complexity index is 589. The van der Waals surface area contributed by atoms with Crippen molar-refractivity contribution in [2.45, 2.75) is 44.9 Å². The quantitative estimate of drug-likeness (QED) is 0.261. The number of halogens is 1. The Labute approximate surface area is 157 Å². The maximum absolute atomic E-state index is 11.4. The van der Waals surface area contributed by atoms with E-state index in [4.69, 9.17) is 5.73 Å². The van der Waals surface area contributed by atoms with E-state index in [1.807, 2.05) is 24.3 Å². The molecule has 0 saturated heterocycles. The van der Waals surface area contributed by atoms with Crippen LogP contribution in [0.5, 0.6) is 0 Å². The van der Waals surface area contributed by atoms with E-state index in [1.54, 1.807) is 0 Å². The van der Waals surface area contributed by atoms with Gasteiger partial charge in [0.05, 0.1) is 12.3 Å². The molecule has 0 heterocycles. The van der Waals surface area contributed by atoms with Crippen LogP contribution < -0.4 is 11.1 Å². The molecule has 0 atom stereocenters. The summed E-state index contributed by atoms with van der Waals surface area (Å²) in [6, 6.07) is 7.42. The fourth-order valence-corrected chi connectivity index (χ4v) is 2.98. The summed E-state index contributed by atoms with van der Waals surface area (Å²) in [7, 11) is -3.06. The second kappa shape index (κ2) is 11.7. The molecule has 0 aromatic heterocycles. The highest BCUT2D eigenvalue weighted by Crippen LogP contribution is 2.13. The van der Waals surface area contributed by atoms with Gasteiger partial charge in [-0.1, -0.05) is 50.5 Å². The van der Waals surface area contributed by atoms with Crippen molar-refractivity contribution in [1.29, 1.82) is 0 Å². The van der Waals surface area contributed by atoms with Crippen molar-refractivity contribution >= 4 is 39.8 Å². The first-order valence-corrected chi connectivity index (χ1v) is 9.76. The lowest BCUT2D eigenvalue weighted by molar-refractivity contribution is 0.601. The summed E-state index contributed by atoms with van der Waals surface area (Å²) in [4.78, 5) is 4.29. The first-order chi connectivity index (χ1) is 10.4. The van der Waals surface area contributed by atoms with Crippen molar-refractivity contribution in [3.05, 3.63) is 35.4 Å². The topological polar surface area (TPSA) is 84.5 Å². The van der Waals surface area contributed by atoms with Gasteiger partial charge in [0.2, 0.25) is 0 Å². The molecule has 7 heteroatoms. The van der Waals surface area contributed by atoms with Gasteiger partial charge in [-0.3, -0.25) is 0 Å². The predicted octanol–water partition coefficient (Wildman–Crippen LogP) is 2.83. The minimum absolute atomic E-state index is 0. The molecule has 0 spiro atoms. The van der Waals surface area contributed by atoms with Crippen LogP contribution in [0.15, 0.2) is 29.3 Å².